The van der Waals surface area contributed by atoms with E-state index in [1.54, 1.807) is 7.05 Å². The first-order chi connectivity index (χ1) is 9.99. The van der Waals surface area contributed by atoms with E-state index in [-0.39, 0.29) is 0 Å². The molecule has 1 unspecified atom stereocenters. The molecule has 0 heterocycles. The minimum absolute atomic E-state index is 0.593. The quantitative estimate of drug-likeness (QED) is 0.734. The van der Waals surface area contributed by atoms with Crippen LogP contribution in [0.5, 0.6) is 0 Å². The molecule has 0 aromatic heterocycles. The second kappa shape index (κ2) is 8.03. The van der Waals surface area contributed by atoms with E-state index in [9.17, 15) is 9.90 Å². The molecule has 2 N–H and O–H groups in total. The molecule has 0 radical (unpaired) electrons. The Morgan fingerprint density at radius 3 is 2.33 bits per heavy atom. The lowest BCUT2D eigenvalue weighted by Crippen LogP contribution is -2.50. The minimum Gasteiger partial charge on any atom is -0.480 e. The molecule has 1 aromatic carbocycles. The maximum Gasteiger partial charge on any atom is 0.323 e. The molecule has 0 saturated heterocycles. The summed E-state index contributed by atoms with van der Waals surface area (Å²) in [5, 5.41) is 12.4. The molecule has 1 rings (SSSR count). The largest absolute Gasteiger partial charge is 0.480 e. The van der Waals surface area contributed by atoms with E-state index in [4.69, 9.17) is 0 Å². The Morgan fingerprint density at radius 1 is 1.29 bits per heavy atom. The summed E-state index contributed by atoms with van der Waals surface area (Å²) in [7, 11) is 1.73. The molecule has 118 valence electrons. The number of carboxylic acid groups (broad SMARTS) is 1. The van der Waals surface area contributed by atoms with Gasteiger partial charge in [-0.25, -0.2) is 0 Å². The maximum absolute atomic E-state index is 11.5. The van der Waals surface area contributed by atoms with Crippen LogP contribution >= 0.6 is 0 Å². The average molecular weight is 292 g/mol. The second-order valence-electron chi connectivity index (χ2n) is 5.51. The topological polar surface area (TPSA) is 52.6 Å². The molecule has 0 aliphatic heterocycles. The molecule has 0 aliphatic carbocycles. The molecule has 0 fully saturated rings. The maximum atomic E-state index is 11.5. The highest BCUT2D eigenvalue weighted by molar-refractivity contribution is 5.78. The first-order valence-electron chi connectivity index (χ1n) is 7.73. The Kier molecular flexibility index (Phi) is 6.69. The van der Waals surface area contributed by atoms with Gasteiger partial charge in [0.25, 0.3) is 0 Å². The van der Waals surface area contributed by atoms with Gasteiger partial charge in [-0.3, -0.25) is 4.79 Å². The van der Waals surface area contributed by atoms with Gasteiger partial charge in [0.1, 0.15) is 5.54 Å². The van der Waals surface area contributed by atoms with Crippen LogP contribution in [-0.4, -0.2) is 36.8 Å². The van der Waals surface area contributed by atoms with Gasteiger partial charge in [0.15, 0.2) is 0 Å². The van der Waals surface area contributed by atoms with Crippen molar-refractivity contribution in [1.82, 2.24) is 5.32 Å². The molecule has 0 aliphatic rings. The number of carboxylic acids is 1. The van der Waals surface area contributed by atoms with E-state index in [1.165, 1.54) is 11.3 Å². The number of anilines is 1. The fourth-order valence-electron chi connectivity index (χ4n) is 2.64. The summed E-state index contributed by atoms with van der Waals surface area (Å²) in [5.41, 5.74) is 1.65. The molecule has 1 atom stereocenters. The van der Waals surface area contributed by atoms with Gasteiger partial charge in [-0.05, 0) is 52.3 Å². The Bertz CT molecular complexity index is 439. The smallest absolute Gasteiger partial charge is 0.323 e. The van der Waals surface area contributed by atoms with Crippen molar-refractivity contribution in [2.75, 3.05) is 25.0 Å². The van der Waals surface area contributed by atoms with Crippen molar-refractivity contribution in [3.63, 3.8) is 0 Å². The number of rotatable bonds is 9. The van der Waals surface area contributed by atoms with Crippen LogP contribution in [0, 0.1) is 6.92 Å². The van der Waals surface area contributed by atoms with Gasteiger partial charge in [0.2, 0.25) is 0 Å². The van der Waals surface area contributed by atoms with Crippen molar-refractivity contribution in [1.29, 1.82) is 0 Å². The number of aliphatic carboxylic acids is 1. The molecule has 0 bridgehead atoms. The lowest BCUT2D eigenvalue weighted by atomic mass is 9.90. The van der Waals surface area contributed by atoms with E-state index in [1.807, 2.05) is 6.92 Å². The number of benzene rings is 1. The fraction of sp³-hybridized carbons (Fsp3) is 0.588. The summed E-state index contributed by atoms with van der Waals surface area (Å²) in [6, 6.07) is 8.47. The SMILES string of the molecule is CCN(CCCC(CC)(NC)C(=O)O)c1ccc(C)cc1. The van der Waals surface area contributed by atoms with E-state index < -0.39 is 11.5 Å². The molecule has 4 nitrogen and oxygen atoms in total. The van der Waals surface area contributed by atoms with Gasteiger partial charge < -0.3 is 15.3 Å². The number of hydrogen-bond donors (Lipinski definition) is 2. The lowest BCUT2D eigenvalue weighted by molar-refractivity contribution is -0.145. The Morgan fingerprint density at radius 2 is 1.90 bits per heavy atom. The van der Waals surface area contributed by atoms with Gasteiger partial charge in [0, 0.05) is 18.8 Å². The van der Waals surface area contributed by atoms with E-state index >= 15 is 0 Å². The lowest BCUT2D eigenvalue weighted by Gasteiger charge is -2.30. The van der Waals surface area contributed by atoms with Crippen molar-refractivity contribution < 1.29 is 9.90 Å². The van der Waals surface area contributed by atoms with Crippen molar-refractivity contribution >= 4 is 11.7 Å². The molecule has 0 spiro atoms. The molecule has 21 heavy (non-hydrogen) atoms. The molecule has 0 amide bonds. The van der Waals surface area contributed by atoms with Crippen molar-refractivity contribution in [2.45, 2.75) is 45.6 Å². The Hall–Kier alpha value is -1.55. The third kappa shape index (κ3) is 4.46. The third-order valence-electron chi connectivity index (χ3n) is 4.30. The number of nitrogens with one attached hydrogen (secondary N) is 1. The van der Waals surface area contributed by atoms with Crippen LogP contribution in [0.4, 0.5) is 5.69 Å². The summed E-state index contributed by atoms with van der Waals surface area (Å²) >= 11 is 0. The van der Waals surface area contributed by atoms with Crippen LogP contribution in [0.1, 0.15) is 38.7 Å². The highest BCUT2D eigenvalue weighted by Gasteiger charge is 2.34. The molecule has 4 heteroatoms. The zero-order valence-electron chi connectivity index (χ0n) is 13.6. The number of aryl methyl sites for hydroxylation is 1. The van der Waals surface area contributed by atoms with Gasteiger partial charge in [-0.1, -0.05) is 24.6 Å². The highest BCUT2D eigenvalue weighted by atomic mass is 16.4. The van der Waals surface area contributed by atoms with Crippen LogP contribution in [0.25, 0.3) is 0 Å². The predicted molar refractivity (Wildman–Crippen MR) is 88.0 cm³/mol. The van der Waals surface area contributed by atoms with Crippen LogP contribution in [0.3, 0.4) is 0 Å². The number of hydrogen-bond acceptors (Lipinski definition) is 3. The van der Waals surface area contributed by atoms with Gasteiger partial charge in [-0.2, -0.15) is 0 Å². The molecule has 1 aromatic rings. The number of likely N-dealkylation sites (N-methyl/N-ethyl adjacent to an activating group) is 1. The Labute approximate surface area is 128 Å². The summed E-state index contributed by atoms with van der Waals surface area (Å²) < 4.78 is 0. The van der Waals surface area contributed by atoms with Gasteiger partial charge in [-0.15, -0.1) is 0 Å². The van der Waals surface area contributed by atoms with Gasteiger partial charge in [0.05, 0.1) is 0 Å². The van der Waals surface area contributed by atoms with E-state index in [2.05, 4.69) is 48.3 Å². The third-order valence-corrected chi connectivity index (χ3v) is 4.30. The first-order valence-corrected chi connectivity index (χ1v) is 7.73. The highest BCUT2D eigenvalue weighted by Crippen LogP contribution is 2.20. The van der Waals surface area contributed by atoms with Crippen LogP contribution < -0.4 is 10.2 Å². The predicted octanol–water partition coefficient (Wildman–Crippen LogP) is 3.05. The second-order valence-corrected chi connectivity index (χ2v) is 5.51. The first kappa shape index (κ1) is 17.5. The standard InChI is InChI=1S/C17H28N2O2/c1-5-17(18-4,16(20)21)12-7-13-19(6-2)15-10-8-14(3)9-11-15/h8-11,18H,5-7,12-13H2,1-4H3,(H,20,21). The van der Waals surface area contributed by atoms with Crippen LogP contribution in [0.15, 0.2) is 24.3 Å². The van der Waals surface area contributed by atoms with Crippen molar-refractivity contribution in [2.24, 2.45) is 0 Å². The minimum atomic E-state index is -0.799. The van der Waals surface area contributed by atoms with Gasteiger partial charge >= 0.3 is 5.97 Å². The summed E-state index contributed by atoms with van der Waals surface area (Å²) in [5.74, 6) is -0.758. The Balaban J connectivity index is 2.63. The zero-order chi connectivity index (χ0) is 15.9. The number of carbonyl (C=O) groups is 1. The summed E-state index contributed by atoms with van der Waals surface area (Å²) in [6.07, 6.45) is 2.08. The molecular weight excluding hydrogens is 264 g/mol. The monoisotopic (exact) mass is 292 g/mol. The summed E-state index contributed by atoms with van der Waals surface area (Å²) in [6.45, 7) is 7.92. The van der Waals surface area contributed by atoms with Crippen LogP contribution in [0.2, 0.25) is 0 Å². The molecular formula is C17H28N2O2. The molecule has 0 saturated carbocycles. The normalized spacial score (nSPS) is 13.7. The van der Waals surface area contributed by atoms with Crippen molar-refractivity contribution in [3.05, 3.63) is 29.8 Å². The summed E-state index contributed by atoms with van der Waals surface area (Å²) in [4.78, 5) is 13.7. The van der Waals surface area contributed by atoms with Crippen LogP contribution in [-0.2, 0) is 4.79 Å². The fourth-order valence-corrected chi connectivity index (χ4v) is 2.64. The van der Waals surface area contributed by atoms with E-state index in [0.717, 1.165) is 19.5 Å². The number of nitrogens with zero attached hydrogens (tertiary/aromatic N) is 1. The average Bonchev–Trinajstić information content (AvgIpc) is 2.49. The van der Waals surface area contributed by atoms with E-state index in [0.29, 0.717) is 12.8 Å². The zero-order valence-corrected chi connectivity index (χ0v) is 13.6. The van der Waals surface area contributed by atoms with Crippen molar-refractivity contribution in [3.8, 4) is 0 Å².